The molecule has 0 spiro atoms. The van der Waals surface area contributed by atoms with Crippen molar-refractivity contribution in [2.75, 3.05) is 6.26 Å². The second-order valence-electron chi connectivity index (χ2n) is 5.17. The lowest BCUT2D eigenvalue weighted by Gasteiger charge is -2.29. The smallest absolute Gasteiger partial charge is 0.0541 e. The number of hydrogen-bond acceptors (Lipinski definition) is 3. The van der Waals surface area contributed by atoms with Gasteiger partial charge in [0.05, 0.1) is 6.10 Å². The van der Waals surface area contributed by atoms with Crippen LogP contribution in [0.25, 0.3) is 0 Å². The molecular weight excluding hydrogens is 242 g/mol. The Labute approximate surface area is 114 Å². The van der Waals surface area contributed by atoms with Gasteiger partial charge in [0, 0.05) is 17.0 Å². The molecule has 0 amide bonds. The van der Waals surface area contributed by atoms with E-state index in [9.17, 15) is 5.11 Å². The third-order valence-electron chi connectivity index (χ3n) is 3.80. The van der Waals surface area contributed by atoms with E-state index in [1.165, 1.54) is 10.5 Å². The van der Waals surface area contributed by atoms with Crippen LogP contribution in [0.5, 0.6) is 0 Å². The van der Waals surface area contributed by atoms with Gasteiger partial charge in [-0.25, -0.2) is 0 Å². The first-order chi connectivity index (χ1) is 8.69. The monoisotopic (exact) mass is 265 g/mol. The maximum atomic E-state index is 9.51. The fourth-order valence-corrected chi connectivity index (χ4v) is 2.99. The molecule has 1 saturated carbocycles. The Morgan fingerprint density at radius 2 is 1.78 bits per heavy atom. The largest absolute Gasteiger partial charge is 0.393 e. The molecule has 0 aliphatic heterocycles. The van der Waals surface area contributed by atoms with Gasteiger partial charge < -0.3 is 10.4 Å². The van der Waals surface area contributed by atoms with Crippen molar-refractivity contribution in [3.63, 3.8) is 0 Å². The molecule has 18 heavy (non-hydrogen) atoms. The molecule has 1 atom stereocenters. The number of aliphatic hydroxyl groups is 1. The fourth-order valence-electron chi connectivity index (χ4n) is 2.58. The van der Waals surface area contributed by atoms with Crippen LogP contribution in [0.2, 0.25) is 0 Å². The van der Waals surface area contributed by atoms with Crippen LogP contribution in [0.4, 0.5) is 0 Å². The van der Waals surface area contributed by atoms with Crippen molar-refractivity contribution in [3.8, 4) is 0 Å². The van der Waals surface area contributed by atoms with Gasteiger partial charge in [0.1, 0.15) is 0 Å². The highest BCUT2D eigenvalue weighted by Crippen LogP contribution is 2.23. The summed E-state index contributed by atoms with van der Waals surface area (Å²) in [5.74, 6) is 0. The van der Waals surface area contributed by atoms with E-state index in [1.54, 1.807) is 11.8 Å². The maximum Gasteiger partial charge on any atom is 0.0541 e. The van der Waals surface area contributed by atoms with Gasteiger partial charge in [-0.3, -0.25) is 0 Å². The number of hydrogen-bond donors (Lipinski definition) is 2. The molecular formula is C15H23NOS. The standard InChI is InChI=1S/C15H23NOS/c1-11(12-3-9-15(18-2)10-4-12)16-13-5-7-14(17)8-6-13/h3-4,9-11,13-14,16-17H,5-8H2,1-2H3. The minimum atomic E-state index is -0.0702. The molecule has 0 bridgehead atoms. The van der Waals surface area contributed by atoms with Crippen LogP contribution in [0, 0.1) is 0 Å². The lowest BCUT2D eigenvalue weighted by Crippen LogP contribution is -2.36. The molecule has 2 nitrogen and oxygen atoms in total. The minimum Gasteiger partial charge on any atom is -0.393 e. The van der Waals surface area contributed by atoms with Gasteiger partial charge in [0.2, 0.25) is 0 Å². The summed E-state index contributed by atoms with van der Waals surface area (Å²) in [6.07, 6.45) is 6.09. The molecule has 0 saturated heterocycles. The summed E-state index contributed by atoms with van der Waals surface area (Å²) < 4.78 is 0. The van der Waals surface area contributed by atoms with Crippen LogP contribution in [0.3, 0.4) is 0 Å². The Balaban J connectivity index is 1.88. The highest BCUT2D eigenvalue weighted by atomic mass is 32.2. The third-order valence-corrected chi connectivity index (χ3v) is 4.54. The molecule has 1 aliphatic rings. The SMILES string of the molecule is CSc1ccc(C(C)NC2CCC(O)CC2)cc1. The zero-order chi connectivity index (χ0) is 13.0. The van der Waals surface area contributed by atoms with Crippen LogP contribution < -0.4 is 5.32 Å². The molecule has 3 heteroatoms. The van der Waals surface area contributed by atoms with E-state index in [4.69, 9.17) is 0 Å². The minimum absolute atomic E-state index is 0.0702. The Morgan fingerprint density at radius 3 is 2.33 bits per heavy atom. The van der Waals surface area contributed by atoms with Gasteiger partial charge in [-0.05, 0) is 56.6 Å². The summed E-state index contributed by atoms with van der Waals surface area (Å²) in [5.41, 5.74) is 1.35. The van der Waals surface area contributed by atoms with Crippen molar-refractivity contribution >= 4 is 11.8 Å². The number of aliphatic hydroxyl groups excluding tert-OH is 1. The van der Waals surface area contributed by atoms with Crippen LogP contribution in [0.15, 0.2) is 29.2 Å². The van der Waals surface area contributed by atoms with E-state index in [0.29, 0.717) is 12.1 Å². The van der Waals surface area contributed by atoms with Crippen LogP contribution in [-0.4, -0.2) is 23.5 Å². The molecule has 2 rings (SSSR count). The number of benzene rings is 1. The summed E-state index contributed by atoms with van der Waals surface area (Å²) in [6, 6.07) is 9.73. The van der Waals surface area contributed by atoms with Crippen molar-refractivity contribution in [2.24, 2.45) is 0 Å². The molecule has 100 valence electrons. The summed E-state index contributed by atoms with van der Waals surface area (Å²) >= 11 is 1.78. The summed E-state index contributed by atoms with van der Waals surface area (Å²) in [7, 11) is 0. The molecule has 1 aromatic carbocycles. The lowest BCUT2D eigenvalue weighted by atomic mass is 9.92. The van der Waals surface area contributed by atoms with Gasteiger partial charge in [-0.2, -0.15) is 0 Å². The van der Waals surface area contributed by atoms with Gasteiger partial charge in [0.15, 0.2) is 0 Å². The number of nitrogens with one attached hydrogen (secondary N) is 1. The molecule has 1 fully saturated rings. The van der Waals surface area contributed by atoms with E-state index in [0.717, 1.165) is 25.7 Å². The van der Waals surface area contributed by atoms with Crippen LogP contribution in [-0.2, 0) is 0 Å². The first kappa shape index (κ1) is 13.9. The predicted octanol–water partition coefficient (Wildman–Crippen LogP) is 3.36. The maximum absolute atomic E-state index is 9.51. The average Bonchev–Trinajstić information content (AvgIpc) is 2.41. The zero-order valence-electron chi connectivity index (χ0n) is 11.2. The summed E-state index contributed by atoms with van der Waals surface area (Å²) in [5, 5.41) is 13.2. The van der Waals surface area contributed by atoms with Crippen molar-refractivity contribution < 1.29 is 5.11 Å². The van der Waals surface area contributed by atoms with E-state index in [-0.39, 0.29) is 6.10 Å². The molecule has 0 aromatic heterocycles. The van der Waals surface area contributed by atoms with Crippen molar-refractivity contribution in [3.05, 3.63) is 29.8 Å². The van der Waals surface area contributed by atoms with Gasteiger partial charge in [0.25, 0.3) is 0 Å². The third kappa shape index (κ3) is 3.74. The molecule has 0 heterocycles. The van der Waals surface area contributed by atoms with Crippen molar-refractivity contribution in [2.45, 2.75) is 55.7 Å². The number of thioether (sulfide) groups is 1. The normalized spacial score (nSPS) is 25.9. The summed E-state index contributed by atoms with van der Waals surface area (Å²) in [4.78, 5) is 1.31. The zero-order valence-corrected chi connectivity index (χ0v) is 12.0. The van der Waals surface area contributed by atoms with Crippen LogP contribution >= 0.6 is 11.8 Å². The Kier molecular flexibility index (Phi) is 5.10. The summed E-state index contributed by atoms with van der Waals surface area (Å²) in [6.45, 7) is 2.22. The molecule has 1 unspecified atom stereocenters. The predicted molar refractivity (Wildman–Crippen MR) is 78.0 cm³/mol. The molecule has 2 N–H and O–H groups in total. The Bertz CT molecular complexity index is 357. The van der Waals surface area contributed by atoms with E-state index in [1.807, 2.05) is 0 Å². The lowest BCUT2D eigenvalue weighted by molar-refractivity contribution is 0.114. The van der Waals surface area contributed by atoms with Crippen molar-refractivity contribution in [1.82, 2.24) is 5.32 Å². The Hall–Kier alpha value is -0.510. The van der Waals surface area contributed by atoms with E-state index >= 15 is 0 Å². The first-order valence-corrected chi connectivity index (χ1v) is 7.99. The molecule has 0 radical (unpaired) electrons. The fraction of sp³-hybridized carbons (Fsp3) is 0.600. The van der Waals surface area contributed by atoms with Gasteiger partial charge in [-0.15, -0.1) is 11.8 Å². The van der Waals surface area contributed by atoms with Gasteiger partial charge >= 0.3 is 0 Å². The highest BCUT2D eigenvalue weighted by Gasteiger charge is 2.20. The first-order valence-electron chi connectivity index (χ1n) is 6.77. The highest BCUT2D eigenvalue weighted by molar-refractivity contribution is 7.98. The number of rotatable bonds is 4. The van der Waals surface area contributed by atoms with Crippen LogP contribution in [0.1, 0.15) is 44.2 Å². The average molecular weight is 265 g/mol. The van der Waals surface area contributed by atoms with E-state index in [2.05, 4.69) is 42.8 Å². The Morgan fingerprint density at radius 1 is 1.17 bits per heavy atom. The quantitative estimate of drug-likeness (QED) is 0.819. The van der Waals surface area contributed by atoms with Crippen molar-refractivity contribution in [1.29, 1.82) is 0 Å². The second-order valence-corrected chi connectivity index (χ2v) is 6.05. The topological polar surface area (TPSA) is 32.3 Å². The van der Waals surface area contributed by atoms with Gasteiger partial charge in [-0.1, -0.05) is 12.1 Å². The molecule has 1 aliphatic carbocycles. The van der Waals surface area contributed by atoms with E-state index < -0.39 is 0 Å². The molecule has 1 aromatic rings. The second kappa shape index (κ2) is 6.60.